The standard InChI is InChI=1S/C15H30O3/c1-11(2)9-12(3)17-13(16)18-15(7,8)10-14(4,5)6/h11-12H,9-10H2,1-8H3. The largest absolute Gasteiger partial charge is 0.509 e. The van der Waals surface area contributed by atoms with Crippen molar-refractivity contribution < 1.29 is 14.3 Å². The van der Waals surface area contributed by atoms with E-state index in [0.717, 1.165) is 12.8 Å². The molecule has 0 fully saturated rings. The molecular weight excluding hydrogens is 228 g/mol. The third-order valence-corrected chi connectivity index (χ3v) is 2.42. The van der Waals surface area contributed by atoms with Gasteiger partial charge in [0.25, 0.3) is 0 Å². The Morgan fingerprint density at radius 1 is 1.06 bits per heavy atom. The first-order valence-electron chi connectivity index (χ1n) is 6.81. The van der Waals surface area contributed by atoms with Gasteiger partial charge in [0.2, 0.25) is 0 Å². The summed E-state index contributed by atoms with van der Waals surface area (Å²) >= 11 is 0. The van der Waals surface area contributed by atoms with Crippen molar-refractivity contribution in [2.75, 3.05) is 0 Å². The molecule has 3 nitrogen and oxygen atoms in total. The van der Waals surface area contributed by atoms with Gasteiger partial charge in [0.15, 0.2) is 0 Å². The second kappa shape index (κ2) is 6.44. The molecule has 0 aliphatic carbocycles. The molecule has 0 aromatic carbocycles. The van der Waals surface area contributed by atoms with Crippen molar-refractivity contribution in [2.45, 2.75) is 79.9 Å². The summed E-state index contributed by atoms with van der Waals surface area (Å²) < 4.78 is 10.7. The quantitative estimate of drug-likeness (QED) is 0.665. The average Bonchev–Trinajstić information content (AvgIpc) is 1.92. The Labute approximate surface area is 112 Å². The van der Waals surface area contributed by atoms with Gasteiger partial charge in [-0.1, -0.05) is 34.6 Å². The molecule has 108 valence electrons. The highest BCUT2D eigenvalue weighted by atomic mass is 16.7. The Balaban J connectivity index is 4.22. The topological polar surface area (TPSA) is 35.5 Å². The highest BCUT2D eigenvalue weighted by Gasteiger charge is 2.30. The summed E-state index contributed by atoms with van der Waals surface area (Å²) in [7, 11) is 0. The van der Waals surface area contributed by atoms with Crippen LogP contribution < -0.4 is 0 Å². The number of carbonyl (C=O) groups is 1. The fraction of sp³-hybridized carbons (Fsp3) is 0.933. The van der Waals surface area contributed by atoms with E-state index in [9.17, 15) is 4.79 Å². The van der Waals surface area contributed by atoms with Crippen LogP contribution in [0.5, 0.6) is 0 Å². The maximum absolute atomic E-state index is 11.7. The van der Waals surface area contributed by atoms with Crippen LogP contribution in [0.2, 0.25) is 0 Å². The molecule has 0 aromatic heterocycles. The summed E-state index contributed by atoms with van der Waals surface area (Å²) in [6.07, 6.45) is 1.00. The van der Waals surface area contributed by atoms with Crippen LogP contribution in [-0.4, -0.2) is 17.9 Å². The fourth-order valence-corrected chi connectivity index (χ4v) is 2.44. The van der Waals surface area contributed by atoms with Crippen LogP contribution in [0.15, 0.2) is 0 Å². The number of ether oxygens (including phenoxy) is 2. The average molecular weight is 258 g/mol. The second-order valence-corrected chi connectivity index (χ2v) is 7.41. The van der Waals surface area contributed by atoms with Crippen molar-refractivity contribution in [1.82, 2.24) is 0 Å². The lowest BCUT2D eigenvalue weighted by molar-refractivity contribution is -0.0485. The lowest BCUT2D eigenvalue weighted by Gasteiger charge is -2.32. The summed E-state index contributed by atoms with van der Waals surface area (Å²) in [6.45, 7) is 16.3. The van der Waals surface area contributed by atoms with Crippen molar-refractivity contribution in [2.24, 2.45) is 11.3 Å². The van der Waals surface area contributed by atoms with Gasteiger partial charge in [-0.15, -0.1) is 0 Å². The van der Waals surface area contributed by atoms with Crippen LogP contribution in [0.1, 0.15) is 68.2 Å². The molecular formula is C15H30O3. The van der Waals surface area contributed by atoms with E-state index in [4.69, 9.17) is 9.47 Å². The smallest absolute Gasteiger partial charge is 0.431 e. The second-order valence-electron chi connectivity index (χ2n) is 7.41. The van der Waals surface area contributed by atoms with Gasteiger partial charge in [0, 0.05) is 0 Å². The zero-order chi connectivity index (χ0) is 14.6. The summed E-state index contributed by atoms with van der Waals surface area (Å²) in [5, 5.41) is 0. The van der Waals surface area contributed by atoms with E-state index in [1.54, 1.807) is 0 Å². The first-order chi connectivity index (χ1) is 7.91. The minimum Gasteiger partial charge on any atom is -0.431 e. The molecule has 0 N–H and O–H groups in total. The zero-order valence-electron chi connectivity index (χ0n) is 13.3. The molecule has 1 atom stereocenters. The fourth-order valence-electron chi connectivity index (χ4n) is 2.44. The molecule has 0 saturated carbocycles. The van der Waals surface area contributed by atoms with E-state index in [2.05, 4.69) is 34.6 Å². The van der Waals surface area contributed by atoms with Gasteiger partial charge in [-0.25, -0.2) is 4.79 Å². The van der Waals surface area contributed by atoms with Crippen molar-refractivity contribution in [3.8, 4) is 0 Å². The Bertz CT molecular complexity index is 261. The molecule has 1 unspecified atom stereocenters. The van der Waals surface area contributed by atoms with E-state index in [0.29, 0.717) is 5.92 Å². The van der Waals surface area contributed by atoms with Gasteiger partial charge in [0.05, 0.1) is 0 Å². The molecule has 0 aliphatic rings. The van der Waals surface area contributed by atoms with Gasteiger partial charge in [-0.05, 0) is 44.9 Å². The maximum Gasteiger partial charge on any atom is 0.509 e. The minimum atomic E-state index is -0.558. The number of hydrogen-bond donors (Lipinski definition) is 0. The molecule has 0 saturated heterocycles. The van der Waals surface area contributed by atoms with Gasteiger partial charge in [-0.3, -0.25) is 0 Å². The highest BCUT2D eigenvalue weighted by molar-refractivity contribution is 5.60. The molecule has 0 bridgehead atoms. The first kappa shape index (κ1) is 17.3. The van der Waals surface area contributed by atoms with Crippen LogP contribution in [0.3, 0.4) is 0 Å². The van der Waals surface area contributed by atoms with Gasteiger partial charge in [-0.2, -0.15) is 0 Å². The molecule has 0 aromatic rings. The minimum absolute atomic E-state index is 0.0945. The molecule has 0 radical (unpaired) electrons. The maximum atomic E-state index is 11.7. The number of hydrogen-bond acceptors (Lipinski definition) is 3. The predicted octanol–water partition coefficient (Wildman–Crippen LogP) is 4.79. The van der Waals surface area contributed by atoms with E-state index in [1.807, 2.05) is 20.8 Å². The summed E-state index contributed by atoms with van der Waals surface area (Å²) in [6, 6.07) is 0. The molecule has 3 heteroatoms. The molecule has 0 heterocycles. The monoisotopic (exact) mass is 258 g/mol. The van der Waals surface area contributed by atoms with Crippen LogP contribution in [0.4, 0.5) is 4.79 Å². The van der Waals surface area contributed by atoms with Gasteiger partial charge >= 0.3 is 6.16 Å². The van der Waals surface area contributed by atoms with Crippen molar-refractivity contribution >= 4 is 6.16 Å². The van der Waals surface area contributed by atoms with E-state index in [1.165, 1.54) is 0 Å². The molecule has 18 heavy (non-hydrogen) atoms. The first-order valence-corrected chi connectivity index (χ1v) is 6.81. The third-order valence-electron chi connectivity index (χ3n) is 2.42. The predicted molar refractivity (Wildman–Crippen MR) is 74.6 cm³/mol. The highest BCUT2D eigenvalue weighted by Crippen LogP contribution is 2.29. The summed E-state index contributed by atoms with van der Waals surface area (Å²) in [5.74, 6) is 0.510. The lowest BCUT2D eigenvalue weighted by atomic mass is 9.84. The van der Waals surface area contributed by atoms with Crippen LogP contribution in [-0.2, 0) is 9.47 Å². The van der Waals surface area contributed by atoms with E-state index < -0.39 is 11.8 Å². The molecule has 0 amide bonds. The SMILES string of the molecule is CC(C)CC(C)OC(=O)OC(C)(C)CC(C)(C)C. The Kier molecular flexibility index (Phi) is 6.18. The Morgan fingerprint density at radius 3 is 1.94 bits per heavy atom. The zero-order valence-corrected chi connectivity index (χ0v) is 13.3. The van der Waals surface area contributed by atoms with Crippen molar-refractivity contribution in [3.63, 3.8) is 0 Å². The van der Waals surface area contributed by atoms with E-state index in [-0.39, 0.29) is 11.5 Å². The van der Waals surface area contributed by atoms with E-state index >= 15 is 0 Å². The van der Waals surface area contributed by atoms with Crippen LogP contribution in [0, 0.1) is 11.3 Å². The Hall–Kier alpha value is -0.730. The molecule has 0 rings (SSSR count). The van der Waals surface area contributed by atoms with Gasteiger partial charge in [0.1, 0.15) is 11.7 Å². The summed E-state index contributed by atoms with van der Waals surface area (Å²) in [4.78, 5) is 11.7. The number of rotatable bonds is 5. The third kappa shape index (κ3) is 9.32. The van der Waals surface area contributed by atoms with Gasteiger partial charge < -0.3 is 9.47 Å². The normalized spacial score (nSPS) is 14.5. The molecule has 0 aliphatic heterocycles. The summed E-state index contributed by atoms with van der Waals surface area (Å²) in [5.41, 5.74) is -0.375. The van der Waals surface area contributed by atoms with Crippen molar-refractivity contribution in [3.05, 3.63) is 0 Å². The Morgan fingerprint density at radius 2 is 1.56 bits per heavy atom. The number of carbonyl (C=O) groups excluding carboxylic acids is 1. The van der Waals surface area contributed by atoms with Crippen molar-refractivity contribution in [1.29, 1.82) is 0 Å². The molecule has 0 spiro atoms. The van der Waals surface area contributed by atoms with Crippen LogP contribution in [0.25, 0.3) is 0 Å². The lowest BCUT2D eigenvalue weighted by Crippen LogP contribution is -2.34. The van der Waals surface area contributed by atoms with Crippen LogP contribution >= 0.6 is 0 Å².